The minimum atomic E-state index is -0.424. The zero-order valence-corrected chi connectivity index (χ0v) is 25.6. The van der Waals surface area contributed by atoms with Crippen molar-refractivity contribution in [2.24, 2.45) is 0 Å². The highest BCUT2D eigenvalue weighted by molar-refractivity contribution is 5.94. The summed E-state index contributed by atoms with van der Waals surface area (Å²) < 4.78 is 11.6. The first-order valence-corrected chi connectivity index (χ1v) is 15.4. The molecule has 2 saturated heterocycles. The number of anilines is 1. The van der Waals surface area contributed by atoms with Crippen molar-refractivity contribution in [1.29, 1.82) is 0 Å². The molecule has 43 heavy (non-hydrogen) atoms. The van der Waals surface area contributed by atoms with Crippen molar-refractivity contribution >= 4 is 17.7 Å². The van der Waals surface area contributed by atoms with Gasteiger partial charge in [-0.1, -0.05) is 60.7 Å². The van der Waals surface area contributed by atoms with E-state index in [0.717, 1.165) is 68.9 Å². The van der Waals surface area contributed by atoms with Gasteiger partial charge in [-0.2, -0.15) is 0 Å². The molecule has 228 valence electrons. The van der Waals surface area contributed by atoms with E-state index in [1.54, 1.807) is 4.90 Å². The van der Waals surface area contributed by atoms with E-state index in [0.29, 0.717) is 12.1 Å². The summed E-state index contributed by atoms with van der Waals surface area (Å²) in [4.78, 5) is 32.3. The lowest BCUT2D eigenvalue weighted by molar-refractivity contribution is -0.0704. The van der Waals surface area contributed by atoms with Crippen LogP contribution in [-0.2, 0) is 16.0 Å². The predicted octanol–water partition coefficient (Wildman–Crippen LogP) is 5.75. The van der Waals surface area contributed by atoms with Crippen molar-refractivity contribution in [2.45, 2.75) is 51.5 Å². The van der Waals surface area contributed by atoms with E-state index in [1.807, 2.05) is 73.8 Å². The van der Waals surface area contributed by atoms with Gasteiger partial charge in [-0.05, 0) is 56.0 Å². The Kier molecular flexibility index (Phi) is 10.5. The van der Waals surface area contributed by atoms with E-state index in [2.05, 4.69) is 41.1 Å². The Bertz CT molecular complexity index is 1330. The molecule has 2 amide bonds. The molecule has 2 fully saturated rings. The summed E-state index contributed by atoms with van der Waals surface area (Å²) in [6.45, 7) is 10.0. The van der Waals surface area contributed by atoms with E-state index in [4.69, 9.17) is 9.47 Å². The number of piperidine rings is 1. The average Bonchev–Trinajstić information content (AvgIpc) is 3.01. The molecule has 2 aliphatic heterocycles. The summed E-state index contributed by atoms with van der Waals surface area (Å²) in [5.74, 6) is 0.0332. The Morgan fingerprint density at radius 2 is 1.53 bits per heavy atom. The number of likely N-dealkylation sites (tertiary alicyclic amines) is 1. The van der Waals surface area contributed by atoms with E-state index in [-0.39, 0.29) is 24.2 Å². The number of carbonyl (C=O) groups is 2. The van der Waals surface area contributed by atoms with Gasteiger partial charge in [-0.25, -0.2) is 4.79 Å². The van der Waals surface area contributed by atoms with Crippen LogP contribution in [0.4, 0.5) is 10.5 Å². The van der Waals surface area contributed by atoms with Gasteiger partial charge < -0.3 is 19.3 Å². The molecule has 3 aromatic rings. The molecular formula is C35H44N4O4. The first kappa shape index (κ1) is 30.7. The van der Waals surface area contributed by atoms with Crippen LogP contribution in [0, 0.1) is 0 Å². The number of carbonyl (C=O) groups excluding carboxylic acids is 2. The van der Waals surface area contributed by atoms with Crippen LogP contribution in [-0.4, -0.2) is 91.3 Å². The lowest BCUT2D eigenvalue weighted by atomic mass is 10.0. The van der Waals surface area contributed by atoms with Gasteiger partial charge in [0.05, 0.1) is 17.9 Å². The number of amides is 2. The highest BCUT2D eigenvalue weighted by atomic mass is 16.6. The van der Waals surface area contributed by atoms with Gasteiger partial charge in [0.25, 0.3) is 5.91 Å². The number of hydrogen-bond donors (Lipinski definition) is 1. The van der Waals surface area contributed by atoms with Gasteiger partial charge in [-0.3, -0.25) is 15.0 Å². The van der Waals surface area contributed by atoms with Gasteiger partial charge in [0, 0.05) is 64.0 Å². The van der Waals surface area contributed by atoms with Crippen molar-refractivity contribution in [3.8, 4) is 11.1 Å². The number of ether oxygens (including phenoxy) is 2. The minimum Gasteiger partial charge on any atom is -0.446 e. The third-order valence-corrected chi connectivity index (χ3v) is 8.26. The van der Waals surface area contributed by atoms with Crippen LogP contribution in [0.3, 0.4) is 0 Å². The molecule has 0 aliphatic carbocycles. The molecule has 0 aromatic heterocycles. The Hall–Kier alpha value is -3.72. The van der Waals surface area contributed by atoms with Crippen molar-refractivity contribution in [3.63, 3.8) is 0 Å². The monoisotopic (exact) mass is 584 g/mol. The van der Waals surface area contributed by atoms with Crippen LogP contribution in [0.25, 0.3) is 11.1 Å². The molecule has 2 aliphatic rings. The first-order chi connectivity index (χ1) is 20.8. The predicted molar refractivity (Wildman–Crippen MR) is 170 cm³/mol. The number of hydrogen-bond acceptors (Lipinski definition) is 6. The maximum atomic E-state index is 13.1. The molecule has 2 atom stereocenters. The summed E-state index contributed by atoms with van der Waals surface area (Å²) >= 11 is 0. The smallest absolute Gasteiger partial charge is 0.411 e. The molecule has 5 rings (SSSR count). The number of nitrogens with one attached hydrogen (secondary N) is 1. The molecule has 0 radical (unpaired) electrons. The Morgan fingerprint density at radius 3 is 2.23 bits per heavy atom. The van der Waals surface area contributed by atoms with E-state index < -0.39 is 6.09 Å². The molecule has 8 nitrogen and oxygen atoms in total. The van der Waals surface area contributed by atoms with Crippen molar-refractivity contribution in [2.75, 3.05) is 51.6 Å². The molecular weight excluding hydrogens is 540 g/mol. The number of benzene rings is 3. The van der Waals surface area contributed by atoms with Gasteiger partial charge >= 0.3 is 6.09 Å². The molecule has 2 heterocycles. The largest absolute Gasteiger partial charge is 0.446 e. The zero-order chi connectivity index (χ0) is 30.2. The lowest BCUT2D eigenvalue weighted by Gasteiger charge is -2.35. The van der Waals surface area contributed by atoms with E-state index in [9.17, 15) is 9.59 Å². The van der Waals surface area contributed by atoms with Crippen LogP contribution >= 0.6 is 0 Å². The van der Waals surface area contributed by atoms with Crippen LogP contribution in [0.2, 0.25) is 0 Å². The number of likely N-dealkylation sites (N-methyl/N-ethyl adjacent to an activating group) is 1. The molecule has 0 bridgehead atoms. The summed E-state index contributed by atoms with van der Waals surface area (Å²) in [7, 11) is 1.86. The fourth-order valence-electron chi connectivity index (χ4n) is 6.04. The summed E-state index contributed by atoms with van der Waals surface area (Å²) in [6.07, 6.45) is 1.48. The number of morpholine rings is 1. The molecule has 0 spiro atoms. The van der Waals surface area contributed by atoms with Gasteiger partial charge in [0.15, 0.2) is 0 Å². The maximum Gasteiger partial charge on any atom is 0.411 e. The highest BCUT2D eigenvalue weighted by Gasteiger charge is 2.24. The summed E-state index contributed by atoms with van der Waals surface area (Å²) in [5, 5.41) is 2.94. The quantitative estimate of drug-likeness (QED) is 0.345. The third kappa shape index (κ3) is 8.66. The lowest BCUT2D eigenvalue weighted by Crippen LogP contribution is -2.44. The molecule has 0 saturated carbocycles. The number of para-hydroxylation sites is 1. The Labute approximate surface area is 255 Å². The van der Waals surface area contributed by atoms with Crippen LogP contribution < -0.4 is 5.32 Å². The van der Waals surface area contributed by atoms with E-state index >= 15 is 0 Å². The van der Waals surface area contributed by atoms with Crippen LogP contribution in [0.1, 0.15) is 42.6 Å². The standard InChI is InChI=1S/C35H44N4O4/c1-26-23-39(24-27(2)42-26)25-28-13-15-30(16-14-28)34(40)37(3)21-22-38-19-17-31(18-20-38)43-35(41)36-33-12-8-7-11-32(33)29-9-5-4-6-10-29/h4-16,26-27,31H,17-25H2,1-3H3,(H,36,41). The normalized spacial score (nSPS) is 20.0. The van der Waals surface area contributed by atoms with Crippen LogP contribution in [0.15, 0.2) is 78.9 Å². The number of nitrogens with zero attached hydrogens (tertiary/aromatic N) is 3. The summed E-state index contributed by atoms with van der Waals surface area (Å²) in [6, 6.07) is 25.7. The second-order valence-corrected chi connectivity index (χ2v) is 11.9. The molecule has 8 heteroatoms. The molecule has 3 aromatic carbocycles. The fourth-order valence-corrected chi connectivity index (χ4v) is 6.04. The Morgan fingerprint density at radius 1 is 0.884 bits per heavy atom. The van der Waals surface area contributed by atoms with Gasteiger partial charge in [0.1, 0.15) is 6.10 Å². The van der Waals surface area contributed by atoms with Crippen molar-refractivity contribution < 1.29 is 19.1 Å². The van der Waals surface area contributed by atoms with Crippen molar-refractivity contribution in [1.82, 2.24) is 14.7 Å². The first-order valence-electron chi connectivity index (χ1n) is 15.4. The zero-order valence-electron chi connectivity index (χ0n) is 25.6. The SMILES string of the molecule is CC1CN(Cc2ccc(C(=O)N(C)CCN3CCC(OC(=O)Nc4ccccc4-c4ccccc4)CC3)cc2)CC(C)O1. The van der Waals surface area contributed by atoms with E-state index in [1.165, 1.54) is 5.56 Å². The van der Waals surface area contributed by atoms with Gasteiger partial charge in [0.2, 0.25) is 0 Å². The van der Waals surface area contributed by atoms with Crippen molar-refractivity contribution in [3.05, 3.63) is 90.0 Å². The van der Waals surface area contributed by atoms with Gasteiger partial charge in [-0.15, -0.1) is 0 Å². The molecule has 1 N–H and O–H groups in total. The Balaban J connectivity index is 1.03. The number of rotatable bonds is 9. The third-order valence-electron chi connectivity index (χ3n) is 8.26. The summed E-state index contributed by atoms with van der Waals surface area (Å²) in [5.41, 5.74) is 4.66. The second-order valence-electron chi connectivity index (χ2n) is 11.9. The minimum absolute atomic E-state index is 0.0332. The highest BCUT2D eigenvalue weighted by Crippen LogP contribution is 2.28. The fraction of sp³-hybridized carbons (Fsp3) is 0.429. The molecule has 2 unspecified atom stereocenters. The average molecular weight is 585 g/mol. The maximum absolute atomic E-state index is 13.1. The topological polar surface area (TPSA) is 74.4 Å². The second kappa shape index (κ2) is 14.6. The van der Waals surface area contributed by atoms with Crippen LogP contribution in [0.5, 0.6) is 0 Å².